The molecule has 1 rings (SSSR count). The molecule has 0 atom stereocenters. The molecule has 0 radical (unpaired) electrons. The summed E-state index contributed by atoms with van der Waals surface area (Å²) in [5.41, 5.74) is 0.163. The second-order valence-electron chi connectivity index (χ2n) is 1.77. The Hall–Kier alpha value is -0.583. The molecule has 0 aromatic heterocycles. The van der Waals surface area contributed by atoms with Gasteiger partial charge in [-0.25, -0.2) is 4.39 Å². The maximum Gasteiger partial charge on any atom is 1.00 e. The van der Waals surface area contributed by atoms with Crippen molar-refractivity contribution < 1.29 is 27.6 Å². The van der Waals surface area contributed by atoms with Crippen molar-refractivity contribution in [1.29, 1.82) is 0 Å². The molecule has 0 aliphatic rings. The molecular weight excluding hydrogens is 141 g/mol. The Balaban J connectivity index is 0.000001000. The fraction of sp³-hybridized carbons (Fsp3) is 0. The third-order valence-electron chi connectivity index (χ3n) is 1.14. The molecular formula is C8H5F2Li. The van der Waals surface area contributed by atoms with Gasteiger partial charge in [0.05, 0.1) is 5.82 Å². The quantitative estimate of drug-likeness (QED) is 0.367. The summed E-state index contributed by atoms with van der Waals surface area (Å²) in [5, 5.41) is 0. The van der Waals surface area contributed by atoms with Gasteiger partial charge in [0.1, 0.15) is 0 Å². The minimum absolute atomic E-state index is 0. The molecule has 0 heterocycles. The zero-order chi connectivity index (χ0) is 7.56. The van der Waals surface area contributed by atoms with Crippen molar-refractivity contribution in [1.82, 2.24) is 0 Å². The summed E-state index contributed by atoms with van der Waals surface area (Å²) in [6.07, 6.45) is 1.26. The van der Waals surface area contributed by atoms with Gasteiger partial charge in [-0.1, -0.05) is 11.6 Å². The zero-order valence-electron chi connectivity index (χ0n) is 6.20. The van der Waals surface area contributed by atoms with Crippen molar-refractivity contribution in [3.8, 4) is 0 Å². The fourth-order valence-electron chi connectivity index (χ4n) is 0.626. The largest absolute Gasteiger partial charge is 1.00 e. The molecule has 3 heteroatoms. The second-order valence-corrected chi connectivity index (χ2v) is 1.77. The number of rotatable bonds is 1. The standard InChI is InChI=1S/C8H5F2.Li/c1-2-6-4-3-5-7(9)8(6)10;/h2-4H,1H2;/q-1;+1. The van der Waals surface area contributed by atoms with Crippen LogP contribution in [-0.2, 0) is 0 Å². The zero-order valence-corrected chi connectivity index (χ0v) is 6.20. The van der Waals surface area contributed by atoms with E-state index in [1.165, 1.54) is 18.2 Å². The van der Waals surface area contributed by atoms with E-state index in [0.717, 1.165) is 0 Å². The Labute approximate surface area is 76.1 Å². The Morgan fingerprint density at radius 3 is 2.55 bits per heavy atom. The maximum absolute atomic E-state index is 12.5. The maximum atomic E-state index is 12.5. The number of halogens is 2. The fourth-order valence-corrected chi connectivity index (χ4v) is 0.626. The average molecular weight is 146 g/mol. The van der Waals surface area contributed by atoms with Crippen LogP contribution in [0.3, 0.4) is 0 Å². The van der Waals surface area contributed by atoms with Crippen molar-refractivity contribution in [2.45, 2.75) is 0 Å². The Morgan fingerprint density at radius 1 is 1.45 bits per heavy atom. The normalized spacial score (nSPS) is 8.55. The Kier molecular flexibility index (Phi) is 4.10. The van der Waals surface area contributed by atoms with E-state index >= 15 is 0 Å². The molecule has 52 valence electrons. The first-order valence-corrected chi connectivity index (χ1v) is 2.74. The smallest absolute Gasteiger partial charge is 0.281 e. The molecule has 0 saturated heterocycles. The van der Waals surface area contributed by atoms with Gasteiger partial charge in [0.2, 0.25) is 0 Å². The van der Waals surface area contributed by atoms with Gasteiger partial charge in [-0.3, -0.25) is 4.39 Å². The van der Waals surface area contributed by atoms with Crippen LogP contribution in [0, 0.1) is 17.7 Å². The summed E-state index contributed by atoms with van der Waals surface area (Å²) < 4.78 is 24.8. The van der Waals surface area contributed by atoms with Gasteiger partial charge in [-0.2, -0.15) is 12.1 Å². The molecule has 0 aliphatic heterocycles. The number of hydrogen-bond donors (Lipinski definition) is 0. The second kappa shape index (κ2) is 4.33. The van der Waals surface area contributed by atoms with Crippen LogP contribution in [0.4, 0.5) is 8.78 Å². The molecule has 0 N–H and O–H groups in total. The molecule has 11 heavy (non-hydrogen) atoms. The molecule has 0 unspecified atom stereocenters. The molecule has 0 nitrogen and oxygen atoms in total. The molecule has 0 spiro atoms. The van der Waals surface area contributed by atoms with Crippen LogP contribution in [-0.4, -0.2) is 0 Å². The third kappa shape index (κ3) is 2.18. The van der Waals surface area contributed by atoms with Crippen LogP contribution < -0.4 is 18.9 Å². The molecule has 0 saturated carbocycles. The summed E-state index contributed by atoms with van der Waals surface area (Å²) in [6.45, 7) is 3.31. The summed E-state index contributed by atoms with van der Waals surface area (Å²) in [5.74, 6) is -1.85. The van der Waals surface area contributed by atoms with Gasteiger partial charge in [-0.15, -0.1) is 12.6 Å². The van der Waals surface area contributed by atoms with E-state index in [1.807, 2.05) is 0 Å². The minimum atomic E-state index is -0.961. The van der Waals surface area contributed by atoms with Crippen molar-refractivity contribution >= 4 is 6.08 Å². The molecule has 1 aromatic carbocycles. The molecule has 1 aromatic rings. The van der Waals surface area contributed by atoms with Crippen LogP contribution in [0.15, 0.2) is 18.7 Å². The molecule has 0 bridgehead atoms. The third-order valence-corrected chi connectivity index (χ3v) is 1.14. The molecule has 0 fully saturated rings. The van der Waals surface area contributed by atoms with E-state index in [-0.39, 0.29) is 24.4 Å². The SMILES string of the molecule is C=Cc1cc[c-]c(F)c1F.[Li+]. The van der Waals surface area contributed by atoms with Gasteiger partial charge >= 0.3 is 18.9 Å². The van der Waals surface area contributed by atoms with Crippen LogP contribution >= 0.6 is 0 Å². The summed E-state index contributed by atoms with van der Waals surface area (Å²) >= 11 is 0. The van der Waals surface area contributed by atoms with Gasteiger partial charge in [-0.05, 0) is 0 Å². The summed E-state index contributed by atoms with van der Waals surface area (Å²) in [6, 6.07) is 4.81. The first-order valence-electron chi connectivity index (χ1n) is 2.74. The van der Waals surface area contributed by atoms with Crippen LogP contribution in [0.25, 0.3) is 6.08 Å². The predicted octanol–water partition coefficient (Wildman–Crippen LogP) is -0.588. The van der Waals surface area contributed by atoms with E-state index in [4.69, 9.17) is 0 Å². The van der Waals surface area contributed by atoms with E-state index in [9.17, 15) is 8.78 Å². The summed E-state index contributed by atoms with van der Waals surface area (Å²) in [4.78, 5) is 0. The minimum Gasteiger partial charge on any atom is -0.281 e. The number of hydrogen-bond acceptors (Lipinski definition) is 0. The monoisotopic (exact) mass is 146 g/mol. The van der Waals surface area contributed by atoms with Crippen molar-refractivity contribution in [3.63, 3.8) is 0 Å². The topological polar surface area (TPSA) is 0 Å². The summed E-state index contributed by atoms with van der Waals surface area (Å²) in [7, 11) is 0. The first-order chi connectivity index (χ1) is 4.75. The van der Waals surface area contributed by atoms with E-state index < -0.39 is 11.6 Å². The van der Waals surface area contributed by atoms with Gasteiger partial charge in [0.25, 0.3) is 0 Å². The number of benzene rings is 1. The Bertz CT molecular complexity index is 258. The van der Waals surface area contributed by atoms with Gasteiger partial charge in [0.15, 0.2) is 0 Å². The van der Waals surface area contributed by atoms with Crippen molar-refractivity contribution in [2.24, 2.45) is 0 Å². The first kappa shape index (κ1) is 10.4. The van der Waals surface area contributed by atoms with Gasteiger partial charge in [0, 0.05) is 5.82 Å². The van der Waals surface area contributed by atoms with Crippen LogP contribution in [0.2, 0.25) is 0 Å². The Morgan fingerprint density at radius 2 is 2.09 bits per heavy atom. The van der Waals surface area contributed by atoms with Gasteiger partial charge < -0.3 is 0 Å². The van der Waals surface area contributed by atoms with E-state index in [0.29, 0.717) is 0 Å². The molecule has 0 aliphatic carbocycles. The molecule has 0 amide bonds. The van der Waals surface area contributed by atoms with Crippen molar-refractivity contribution in [2.75, 3.05) is 0 Å². The van der Waals surface area contributed by atoms with Crippen molar-refractivity contribution in [3.05, 3.63) is 42.0 Å². The predicted molar refractivity (Wildman–Crippen MR) is 35.3 cm³/mol. The average Bonchev–Trinajstić information content (AvgIpc) is 1.95. The van der Waals surface area contributed by atoms with Crippen LogP contribution in [0.1, 0.15) is 5.56 Å². The van der Waals surface area contributed by atoms with E-state index in [2.05, 4.69) is 12.6 Å². The van der Waals surface area contributed by atoms with Crippen LogP contribution in [0.5, 0.6) is 0 Å². The van der Waals surface area contributed by atoms with E-state index in [1.54, 1.807) is 0 Å².